The van der Waals surface area contributed by atoms with Crippen LogP contribution in [0.3, 0.4) is 0 Å². The van der Waals surface area contributed by atoms with Crippen molar-refractivity contribution in [2.75, 3.05) is 0 Å². The van der Waals surface area contributed by atoms with Gasteiger partial charge in [0.05, 0.1) is 12.1 Å². The summed E-state index contributed by atoms with van der Waals surface area (Å²) < 4.78 is 2.34. The smallest absolute Gasteiger partial charge is 0.274 e. The number of aromatic hydroxyl groups is 1. The molecule has 24 heavy (non-hydrogen) atoms. The summed E-state index contributed by atoms with van der Waals surface area (Å²) >= 11 is 3.33. The molecule has 8 heteroatoms. The van der Waals surface area contributed by atoms with Crippen LogP contribution in [-0.4, -0.2) is 20.8 Å². The molecule has 1 aromatic heterocycles. The number of nitrogens with zero attached hydrogens (tertiary/aromatic N) is 2. The Balaban J connectivity index is 2.02. The Morgan fingerprint density at radius 3 is 2.54 bits per heavy atom. The van der Waals surface area contributed by atoms with Gasteiger partial charge in [0, 0.05) is 15.4 Å². The summed E-state index contributed by atoms with van der Waals surface area (Å²) in [4.78, 5) is 22.4. The van der Waals surface area contributed by atoms with Gasteiger partial charge in [-0.2, -0.15) is 0 Å². The van der Waals surface area contributed by atoms with Gasteiger partial charge in [-0.3, -0.25) is 10.0 Å². The molecular weight excluding hydrogens is 378 g/mol. The second-order valence-electron chi connectivity index (χ2n) is 5.15. The monoisotopic (exact) mass is 389 g/mol. The fourth-order valence-electron chi connectivity index (χ4n) is 2.55. The van der Waals surface area contributed by atoms with Gasteiger partial charge in [-0.15, -0.1) is 4.91 Å². The van der Waals surface area contributed by atoms with Gasteiger partial charge in [-0.1, -0.05) is 28.1 Å². The number of nitroso groups, excluding NO2 is 1. The number of carbonyl (C=O) groups is 1. The minimum Gasteiger partial charge on any atom is -0.493 e. The molecule has 0 radical (unpaired) electrons. The predicted octanol–water partition coefficient (Wildman–Crippen LogP) is 3.67. The second kappa shape index (κ2) is 6.42. The minimum atomic E-state index is -0.604. The van der Waals surface area contributed by atoms with Gasteiger partial charge in [0.15, 0.2) is 5.69 Å². The fourth-order valence-corrected chi connectivity index (χ4v) is 2.92. The third kappa shape index (κ3) is 2.77. The van der Waals surface area contributed by atoms with E-state index in [9.17, 15) is 14.8 Å². The maximum Gasteiger partial charge on any atom is 0.274 e. The third-order valence-electron chi connectivity index (χ3n) is 3.72. The molecule has 0 aliphatic rings. The van der Waals surface area contributed by atoms with Crippen LogP contribution in [0.25, 0.3) is 10.9 Å². The molecule has 2 aromatic carbocycles. The number of hydroxylamine groups is 1. The van der Waals surface area contributed by atoms with Crippen molar-refractivity contribution in [2.45, 2.75) is 6.54 Å². The Morgan fingerprint density at radius 2 is 1.92 bits per heavy atom. The lowest BCUT2D eigenvalue weighted by Crippen LogP contribution is -2.18. The van der Waals surface area contributed by atoms with E-state index in [1.54, 1.807) is 46.4 Å². The topological polar surface area (TPSA) is 104 Å². The number of fused-ring (bicyclic) bond motifs is 1. The van der Waals surface area contributed by atoms with Crippen LogP contribution in [0.4, 0.5) is 5.69 Å². The van der Waals surface area contributed by atoms with Crippen molar-refractivity contribution in [1.29, 1.82) is 0 Å². The third-order valence-corrected chi connectivity index (χ3v) is 4.21. The average Bonchev–Trinajstić information content (AvgIpc) is 2.85. The first kappa shape index (κ1) is 16.2. The maximum atomic E-state index is 11.3. The zero-order chi connectivity index (χ0) is 17.3. The lowest BCUT2D eigenvalue weighted by Gasteiger charge is -2.08. The highest BCUT2D eigenvalue weighted by molar-refractivity contribution is 9.10. The molecule has 1 heterocycles. The Kier molecular flexibility index (Phi) is 4.32. The number of rotatable bonds is 4. The highest BCUT2D eigenvalue weighted by Gasteiger charge is 2.18. The minimum absolute atomic E-state index is 0.0115. The molecule has 0 unspecified atom stereocenters. The normalized spacial score (nSPS) is 10.8. The quantitative estimate of drug-likeness (QED) is 0.359. The largest absolute Gasteiger partial charge is 0.493 e. The summed E-state index contributed by atoms with van der Waals surface area (Å²) in [5.41, 5.74) is 3.33. The molecule has 0 spiro atoms. The van der Waals surface area contributed by atoms with Crippen molar-refractivity contribution in [3.63, 3.8) is 0 Å². The van der Waals surface area contributed by atoms with Crippen LogP contribution >= 0.6 is 15.9 Å². The van der Waals surface area contributed by atoms with Crippen LogP contribution in [-0.2, 0) is 6.54 Å². The van der Waals surface area contributed by atoms with Crippen LogP contribution in [0.1, 0.15) is 15.9 Å². The summed E-state index contributed by atoms with van der Waals surface area (Å²) in [6.45, 7) is 0.292. The number of halogens is 1. The Labute approximate surface area is 144 Å². The van der Waals surface area contributed by atoms with Crippen LogP contribution in [0.15, 0.2) is 52.1 Å². The van der Waals surface area contributed by atoms with E-state index < -0.39 is 5.91 Å². The Hall–Kier alpha value is -2.71. The maximum absolute atomic E-state index is 11.3. The second-order valence-corrected chi connectivity index (χ2v) is 6.06. The van der Waals surface area contributed by atoms with Gasteiger partial charge in [0.2, 0.25) is 5.88 Å². The van der Waals surface area contributed by atoms with E-state index in [2.05, 4.69) is 21.1 Å². The van der Waals surface area contributed by atoms with Crippen molar-refractivity contribution >= 4 is 38.4 Å². The molecule has 0 atom stereocenters. The van der Waals surface area contributed by atoms with Crippen LogP contribution in [0, 0.1) is 4.91 Å². The van der Waals surface area contributed by atoms with E-state index in [0.29, 0.717) is 23.0 Å². The van der Waals surface area contributed by atoms with E-state index in [1.807, 2.05) is 6.07 Å². The van der Waals surface area contributed by atoms with Crippen molar-refractivity contribution in [2.24, 2.45) is 5.18 Å². The first-order valence-corrected chi connectivity index (χ1v) is 7.72. The predicted molar refractivity (Wildman–Crippen MR) is 91.6 cm³/mol. The van der Waals surface area contributed by atoms with Crippen molar-refractivity contribution in [3.8, 4) is 5.88 Å². The fraction of sp³-hybridized carbons (Fsp3) is 0.0625. The Morgan fingerprint density at radius 1 is 1.21 bits per heavy atom. The number of carbonyl (C=O) groups excluding carboxylic acids is 1. The van der Waals surface area contributed by atoms with Gasteiger partial charge >= 0.3 is 0 Å². The lowest BCUT2D eigenvalue weighted by atomic mass is 10.1. The highest BCUT2D eigenvalue weighted by atomic mass is 79.9. The molecule has 3 aromatic rings. The van der Waals surface area contributed by atoms with Gasteiger partial charge in [-0.05, 0) is 41.1 Å². The molecule has 3 rings (SSSR count). The molecule has 1 amide bonds. The molecule has 0 aliphatic heterocycles. The van der Waals surface area contributed by atoms with E-state index in [1.165, 1.54) is 0 Å². The Bertz CT molecular complexity index is 935. The zero-order valence-electron chi connectivity index (χ0n) is 12.2. The zero-order valence-corrected chi connectivity index (χ0v) is 13.8. The van der Waals surface area contributed by atoms with E-state index >= 15 is 0 Å². The summed E-state index contributed by atoms with van der Waals surface area (Å²) in [5.74, 6) is -0.816. The summed E-state index contributed by atoms with van der Waals surface area (Å²) in [6.07, 6.45) is 0. The lowest BCUT2D eigenvalue weighted by molar-refractivity contribution is 0.0706. The molecule has 122 valence electrons. The van der Waals surface area contributed by atoms with Crippen molar-refractivity contribution in [3.05, 3.63) is 63.0 Å². The number of aromatic nitrogens is 1. The van der Waals surface area contributed by atoms with Gasteiger partial charge in [-0.25, -0.2) is 5.48 Å². The molecule has 0 fully saturated rings. The van der Waals surface area contributed by atoms with Crippen molar-refractivity contribution < 1.29 is 15.1 Å². The number of nitrogens with one attached hydrogen (secondary N) is 1. The summed E-state index contributed by atoms with van der Waals surface area (Å²) in [7, 11) is 0. The van der Waals surface area contributed by atoms with Crippen LogP contribution in [0.2, 0.25) is 0 Å². The van der Waals surface area contributed by atoms with Gasteiger partial charge < -0.3 is 9.67 Å². The standard InChI is InChI=1S/C16H12BrN3O4/c17-11-5-6-13-12(7-11)14(18-23)16(22)20(13)8-9-1-3-10(4-2-9)15(21)19-24/h1-7,22,24H,8H2,(H,19,21). The van der Waals surface area contributed by atoms with Crippen molar-refractivity contribution in [1.82, 2.24) is 10.0 Å². The number of hydrogen-bond acceptors (Lipinski definition) is 5. The van der Waals surface area contributed by atoms with Crippen LogP contribution < -0.4 is 5.48 Å². The summed E-state index contributed by atoms with van der Waals surface area (Å²) in [6, 6.07) is 11.8. The molecule has 0 saturated heterocycles. The van der Waals surface area contributed by atoms with Crippen LogP contribution in [0.5, 0.6) is 5.88 Å². The molecule has 0 bridgehead atoms. The highest BCUT2D eigenvalue weighted by Crippen LogP contribution is 2.40. The summed E-state index contributed by atoms with van der Waals surface area (Å²) in [5, 5.41) is 22.4. The van der Waals surface area contributed by atoms with Gasteiger partial charge in [0.25, 0.3) is 5.91 Å². The number of amides is 1. The van der Waals surface area contributed by atoms with E-state index in [-0.39, 0.29) is 11.6 Å². The average molecular weight is 390 g/mol. The molecule has 0 saturated carbocycles. The number of hydrogen-bond donors (Lipinski definition) is 3. The van der Waals surface area contributed by atoms with Gasteiger partial charge in [0.1, 0.15) is 0 Å². The number of benzene rings is 2. The molecule has 3 N–H and O–H groups in total. The molecule has 0 aliphatic carbocycles. The SMILES string of the molecule is O=Nc1c(O)n(Cc2ccc(C(=O)NO)cc2)c2ccc(Br)cc12. The van der Waals surface area contributed by atoms with E-state index in [4.69, 9.17) is 5.21 Å². The molecule has 7 nitrogen and oxygen atoms in total. The first-order chi connectivity index (χ1) is 11.5. The first-order valence-electron chi connectivity index (χ1n) is 6.92. The molecular formula is C16H12BrN3O4. The van der Waals surface area contributed by atoms with E-state index in [0.717, 1.165) is 10.0 Å².